The van der Waals surface area contributed by atoms with E-state index in [2.05, 4.69) is 25.8 Å². The summed E-state index contributed by atoms with van der Waals surface area (Å²) in [6.45, 7) is 4.07. The number of hydrogen-bond donors (Lipinski definition) is 1. The number of rotatable bonds is 6. The van der Waals surface area contributed by atoms with Crippen molar-refractivity contribution in [2.45, 2.75) is 19.0 Å². The van der Waals surface area contributed by atoms with Gasteiger partial charge >= 0.3 is 0 Å². The maximum absolute atomic E-state index is 12.3. The second kappa shape index (κ2) is 8.54. The predicted molar refractivity (Wildman–Crippen MR) is 116 cm³/mol. The van der Waals surface area contributed by atoms with E-state index >= 15 is 0 Å². The van der Waals surface area contributed by atoms with Crippen LogP contribution in [0.2, 0.25) is 0 Å². The average Bonchev–Trinajstić information content (AvgIpc) is 3.37. The van der Waals surface area contributed by atoms with E-state index in [9.17, 15) is 4.79 Å². The first-order valence-electron chi connectivity index (χ1n) is 8.89. The van der Waals surface area contributed by atoms with Gasteiger partial charge in [0.05, 0.1) is 17.1 Å². The summed E-state index contributed by atoms with van der Waals surface area (Å²) in [4.78, 5) is 16.8. The second-order valence-corrected chi connectivity index (χ2v) is 8.25. The van der Waals surface area contributed by atoms with Crippen LogP contribution in [0.25, 0.3) is 16.9 Å². The molecule has 2 aromatic heterocycles. The van der Waals surface area contributed by atoms with Gasteiger partial charge in [-0.2, -0.15) is 4.68 Å². The molecule has 0 aliphatic heterocycles. The summed E-state index contributed by atoms with van der Waals surface area (Å²) < 4.78 is 1.62. The smallest absolute Gasteiger partial charge is 0.236 e. The summed E-state index contributed by atoms with van der Waals surface area (Å²) in [6.07, 6.45) is 0. The summed E-state index contributed by atoms with van der Waals surface area (Å²) in [5.74, 6) is 0.0318. The third kappa shape index (κ3) is 4.69. The molecular formula is C20H18N6OS2. The number of carbonyl (C=O) groups is 1. The quantitative estimate of drug-likeness (QED) is 0.470. The van der Waals surface area contributed by atoms with E-state index in [0.717, 1.165) is 22.5 Å². The molecule has 7 nitrogen and oxygen atoms in total. The maximum Gasteiger partial charge on any atom is 0.236 e. The van der Waals surface area contributed by atoms with E-state index in [4.69, 9.17) is 0 Å². The maximum atomic E-state index is 12.3. The minimum atomic E-state index is -0.154. The summed E-state index contributed by atoms with van der Waals surface area (Å²) in [5.41, 5.74) is 5.08. The van der Waals surface area contributed by atoms with Crippen LogP contribution >= 0.6 is 23.1 Å². The van der Waals surface area contributed by atoms with Crippen LogP contribution in [0.3, 0.4) is 0 Å². The van der Waals surface area contributed by atoms with Crippen LogP contribution in [0.1, 0.15) is 11.1 Å². The number of thiazole rings is 1. The number of aromatic nitrogens is 5. The van der Waals surface area contributed by atoms with E-state index in [0.29, 0.717) is 10.3 Å². The van der Waals surface area contributed by atoms with Crippen molar-refractivity contribution in [2.24, 2.45) is 0 Å². The number of amides is 1. The monoisotopic (exact) mass is 422 g/mol. The van der Waals surface area contributed by atoms with Gasteiger partial charge in [0, 0.05) is 10.9 Å². The van der Waals surface area contributed by atoms with Crippen LogP contribution in [0.4, 0.5) is 5.13 Å². The fraction of sp³-hybridized carbons (Fsp3) is 0.150. The normalized spacial score (nSPS) is 10.8. The van der Waals surface area contributed by atoms with Gasteiger partial charge in [-0.1, -0.05) is 59.3 Å². The van der Waals surface area contributed by atoms with E-state index in [1.54, 1.807) is 4.68 Å². The molecule has 0 saturated carbocycles. The van der Waals surface area contributed by atoms with Crippen molar-refractivity contribution in [3.05, 3.63) is 65.0 Å². The zero-order chi connectivity index (χ0) is 20.2. The highest BCUT2D eigenvalue weighted by atomic mass is 32.2. The van der Waals surface area contributed by atoms with Gasteiger partial charge < -0.3 is 5.32 Å². The lowest BCUT2D eigenvalue weighted by molar-refractivity contribution is -0.113. The highest BCUT2D eigenvalue weighted by Crippen LogP contribution is 2.25. The van der Waals surface area contributed by atoms with Crippen LogP contribution in [0.5, 0.6) is 0 Å². The van der Waals surface area contributed by atoms with E-state index in [-0.39, 0.29) is 11.7 Å². The van der Waals surface area contributed by atoms with Gasteiger partial charge in [-0.05, 0) is 36.4 Å². The van der Waals surface area contributed by atoms with Gasteiger partial charge in [0.2, 0.25) is 11.1 Å². The Kier molecular flexibility index (Phi) is 5.68. The standard InChI is InChI=1S/C20H18N6OS2/c1-13-3-7-15(8-4-13)17-11-28-19(21-17)22-18(27)12-29-20-23-24-25-26(20)16-9-5-14(2)6-10-16/h3-11H,12H2,1-2H3,(H,21,22,27). The minimum absolute atomic E-state index is 0.154. The highest BCUT2D eigenvalue weighted by Gasteiger charge is 2.13. The lowest BCUT2D eigenvalue weighted by Crippen LogP contribution is -2.14. The van der Waals surface area contributed by atoms with Gasteiger partial charge in [0.1, 0.15) is 0 Å². The molecule has 1 amide bonds. The Balaban J connectivity index is 1.37. The first kappa shape index (κ1) is 19.3. The van der Waals surface area contributed by atoms with E-state index < -0.39 is 0 Å². The molecule has 0 unspecified atom stereocenters. The van der Waals surface area contributed by atoms with Crippen LogP contribution in [0, 0.1) is 13.8 Å². The highest BCUT2D eigenvalue weighted by molar-refractivity contribution is 7.99. The van der Waals surface area contributed by atoms with Gasteiger partial charge in [-0.15, -0.1) is 16.4 Å². The van der Waals surface area contributed by atoms with Gasteiger partial charge in [0.15, 0.2) is 5.13 Å². The van der Waals surface area contributed by atoms with Crippen molar-refractivity contribution in [1.82, 2.24) is 25.2 Å². The Morgan fingerprint density at radius 3 is 2.48 bits per heavy atom. The molecular weight excluding hydrogens is 404 g/mol. The Morgan fingerprint density at radius 2 is 1.76 bits per heavy atom. The molecule has 0 bridgehead atoms. The fourth-order valence-corrected chi connectivity index (χ4v) is 4.02. The van der Waals surface area contributed by atoms with Crippen molar-refractivity contribution >= 4 is 34.1 Å². The predicted octanol–water partition coefficient (Wildman–Crippen LogP) is 4.13. The zero-order valence-electron chi connectivity index (χ0n) is 15.9. The number of tetrazole rings is 1. The molecule has 1 N–H and O–H groups in total. The molecule has 4 aromatic rings. The summed E-state index contributed by atoms with van der Waals surface area (Å²) in [5, 5.41) is 17.7. The number of anilines is 1. The Labute approximate surface area is 176 Å². The molecule has 2 heterocycles. The van der Waals surface area contributed by atoms with Crippen LogP contribution in [0.15, 0.2) is 59.1 Å². The minimum Gasteiger partial charge on any atom is -0.301 e. The number of hydrogen-bond acceptors (Lipinski definition) is 7. The molecule has 29 heavy (non-hydrogen) atoms. The zero-order valence-corrected chi connectivity index (χ0v) is 17.5. The van der Waals surface area contributed by atoms with Crippen LogP contribution < -0.4 is 5.32 Å². The fourth-order valence-electron chi connectivity index (χ4n) is 2.59. The molecule has 146 valence electrons. The molecule has 0 radical (unpaired) electrons. The Bertz CT molecular complexity index is 1120. The number of carbonyl (C=O) groups excluding carboxylic acids is 1. The third-order valence-corrected chi connectivity index (χ3v) is 5.83. The molecule has 0 aliphatic carbocycles. The molecule has 2 aromatic carbocycles. The molecule has 0 aliphatic rings. The van der Waals surface area contributed by atoms with Crippen LogP contribution in [-0.4, -0.2) is 36.9 Å². The third-order valence-electron chi connectivity index (χ3n) is 4.15. The number of aryl methyl sites for hydroxylation is 2. The summed E-state index contributed by atoms with van der Waals surface area (Å²) >= 11 is 2.68. The largest absolute Gasteiger partial charge is 0.301 e. The molecule has 0 spiro atoms. The van der Waals surface area contributed by atoms with Crippen molar-refractivity contribution in [1.29, 1.82) is 0 Å². The number of thioether (sulfide) groups is 1. The van der Waals surface area contributed by atoms with Crippen molar-refractivity contribution in [3.63, 3.8) is 0 Å². The first-order valence-corrected chi connectivity index (χ1v) is 10.8. The van der Waals surface area contributed by atoms with Gasteiger partial charge in [0.25, 0.3) is 0 Å². The van der Waals surface area contributed by atoms with Crippen molar-refractivity contribution in [3.8, 4) is 16.9 Å². The summed E-state index contributed by atoms with van der Waals surface area (Å²) in [7, 11) is 0. The number of benzene rings is 2. The SMILES string of the molecule is Cc1ccc(-c2csc(NC(=O)CSc3nnnn3-c3ccc(C)cc3)n2)cc1. The molecule has 4 rings (SSSR count). The van der Waals surface area contributed by atoms with E-state index in [1.807, 2.05) is 67.8 Å². The second-order valence-electron chi connectivity index (χ2n) is 6.45. The molecule has 0 saturated heterocycles. The molecule has 0 fully saturated rings. The number of nitrogens with one attached hydrogen (secondary N) is 1. The van der Waals surface area contributed by atoms with E-state index in [1.165, 1.54) is 28.7 Å². The average molecular weight is 423 g/mol. The Hall–Kier alpha value is -3.04. The molecule has 0 atom stereocenters. The van der Waals surface area contributed by atoms with Crippen molar-refractivity contribution in [2.75, 3.05) is 11.1 Å². The topological polar surface area (TPSA) is 85.6 Å². The van der Waals surface area contributed by atoms with Gasteiger partial charge in [-0.25, -0.2) is 4.98 Å². The van der Waals surface area contributed by atoms with Crippen molar-refractivity contribution < 1.29 is 4.79 Å². The Morgan fingerprint density at radius 1 is 1.07 bits per heavy atom. The molecule has 9 heteroatoms. The van der Waals surface area contributed by atoms with Crippen LogP contribution in [-0.2, 0) is 4.79 Å². The van der Waals surface area contributed by atoms with Gasteiger partial charge in [-0.3, -0.25) is 4.79 Å². The lowest BCUT2D eigenvalue weighted by atomic mass is 10.1. The summed E-state index contributed by atoms with van der Waals surface area (Å²) in [6, 6.07) is 16.0. The lowest BCUT2D eigenvalue weighted by Gasteiger charge is -2.04. The first-order chi connectivity index (χ1) is 14.1. The number of nitrogens with zero attached hydrogens (tertiary/aromatic N) is 5.